The second-order valence-corrected chi connectivity index (χ2v) is 4.69. The van der Waals surface area contributed by atoms with Gasteiger partial charge in [0.2, 0.25) is 0 Å². The van der Waals surface area contributed by atoms with Crippen molar-refractivity contribution in [2.75, 3.05) is 13.7 Å². The van der Waals surface area contributed by atoms with Gasteiger partial charge in [0.1, 0.15) is 5.75 Å². The molecule has 0 fully saturated rings. The summed E-state index contributed by atoms with van der Waals surface area (Å²) in [7, 11) is 1.36. The lowest BCUT2D eigenvalue weighted by molar-refractivity contribution is 0.0599. The number of benzene rings is 1. The van der Waals surface area contributed by atoms with Crippen LogP contribution in [0.3, 0.4) is 0 Å². The van der Waals surface area contributed by atoms with E-state index in [1.54, 1.807) is 12.1 Å². The van der Waals surface area contributed by atoms with Crippen LogP contribution < -0.4 is 4.74 Å². The van der Waals surface area contributed by atoms with E-state index in [1.807, 2.05) is 6.07 Å². The standard InChI is InChI=1S/C12H15BrO3/c1-8(2)7-16-9-4-5-11(13)10(6-9)12(14)15-3/h4-6,8H,7H2,1-3H3. The number of carbonyl (C=O) groups is 1. The molecule has 1 rings (SSSR count). The van der Waals surface area contributed by atoms with Gasteiger partial charge in [-0.15, -0.1) is 0 Å². The summed E-state index contributed by atoms with van der Waals surface area (Å²) in [6.07, 6.45) is 0. The molecule has 0 N–H and O–H groups in total. The van der Waals surface area contributed by atoms with E-state index in [1.165, 1.54) is 7.11 Å². The topological polar surface area (TPSA) is 35.5 Å². The van der Waals surface area contributed by atoms with Crippen LogP contribution in [0.1, 0.15) is 24.2 Å². The number of carbonyl (C=O) groups excluding carboxylic acids is 1. The monoisotopic (exact) mass is 286 g/mol. The first-order valence-corrected chi connectivity index (χ1v) is 5.84. The maximum absolute atomic E-state index is 11.4. The zero-order chi connectivity index (χ0) is 12.1. The predicted molar refractivity (Wildman–Crippen MR) is 65.8 cm³/mol. The number of methoxy groups -OCH3 is 1. The molecular formula is C12H15BrO3. The first kappa shape index (κ1) is 13.0. The summed E-state index contributed by atoms with van der Waals surface area (Å²) in [5.74, 6) is 0.754. The van der Waals surface area contributed by atoms with E-state index in [0.29, 0.717) is 28.3 Å². The Kier molecular flexibility index (Phi) is 4.80. The van der Waals surface area contributed by atoms with Crippen molar-refractivity contribution in [2.24, 2.45) is 5.92 Å². The van der Waals surface area contributed by atoms with Crippen LogP contribution in [0.2, 0.25) is 0 Å². The van der Waals surface area contributed by atoms with Crippen molar-refractivity contribution in [3.63, 3.8) is 0 Å². The van der Waals surface area contributed by atoms with Gasteiger partial charge in [-0.2, -0.15) is 0 Å². The minimum Gasteiger partial charge on any atom is -0.493 e. The second-order valence-electron chi connectivity index (χ2n) is 3.84. The number of hydrogen-bond acceptors (Lipinski definition) is 3. The van der Waals surface area contributed by atoms with Gasteiger partial charge in [0, 0.05) is 4.47 Å². The minimum atomic E-state index is -0.373. The van der Waals surface area contributed by atoms with E-state index in [0.717, 1.165) is 0 Å². The lowest BCUT2D eigenvalue weighted by Crippen LogP contribution is -2.06. The van der Waals surface area contributed by atoms with Gasteiger partial charge in [0.15, 0.2) is 0 Å². The van der Waals surface area contributed by atoms with Gasteiger partial charge in [0.05, 0.1) is 19.3 Å². The van der Waals surface area contributed by atoms with Crippen molar-refractivity contribution in [1.82, 2.24) is 0 Å². The first-order chi connectivity index (χ1) is 7.54. The van der Waals surface area contributed by atoms with Crippen molar-refractivity contribution in [3.8, 4) is 5.75 Å². The highest BCUT2D eigenvalue weighted by Gasteiger charge is 2.11. The molecule has 0 bridgehead atoms. The highest BCUT2D eigenvalue weighted by atomic mass is 79.9. The highest BCUT2D eigenvalue weighted by Crippen LogP contribution is 2.23. The molecule has 88 valence electrons. The van der Waals surface area contributed by atoms with Gasteiger partial charge in [-0.3, -0.25) is 0 Å². The van der Waals surface area contributed by atoms with Gasteiger partial charge in [-0.25, -0.2) is 4.79 Å². The lowest BCUT2D eigenvalue weighted by atomic mass is 10.2. The molecule has 0 aromatic heterocycles. The van der Waals surface area contributed by atoms with E-state index >= 15 is 0 Å². The Labute approximate surface area is 104 Å². The van der Waals surface area contributed by atoms with Gasteiger partial charge in [0.25, 0.3) is 0 Å². The van der Waals surface area contributed by atoms with Gasteiger partial charge in [-0.1, -0.05) is 13.8 Å². The zero-order valence-corrected chi connectivity index (χ0v) is 11.2. The molecule has 1 aromatic carbocycles. The van der Waals surface area contributed by atoms with Gasteiger partial charge in [-0.05, 0) is 40.0 Å². The minimum absolute atomic E-state index is 0.373. The normalized spacial score (nSPS) is 10.3. The van der Waals surface area contributed by atoms with Crippen LogP contribution in [-0.4, -0.2) is 19.7 Å². The molecule has 0 heterocycles. The molecule has 0 amide bonds. The Morgan fingerprint density at radius 2 is 2.12 bits per heavy atom. The molecule has 0 atom stereocenters. The molecule has 0 unspecified atom stereocenters. The highest BCUT2D eigenvalue weighted by molar-refractivity contribution is 9.10. The van der Waals surface area contributed by atoms with Crippen LogP contribution >= 0.6 is 15.9 Å². The second kappa shape index (κ2) is 5.89. The van der Waals surface area contributed by atoms with E-state index in [9.17, 15) is 4.79 Å². The fourth-order valence-corrected chi connectivity index (χ4v) is 1.53. The van der Waals surface area contributed by atoms with E-state index < -0.39 is 0 Å². The molecular weight excluding hydrogens is 272 g/mol. The fourth-order valence-electron chi connectivity index (χ4n) is 1.12. The molecule has 4 heteroatoms. The Morgan fingerprint density at radius 3 is 2.69 bits per heavy atom. The Bertz CT molecular complexity index is 375. The average Bonchev–Trinajstić information content (AvgIpc) is 2.27. The molecule has 3 nitrogen and oxygen atoms in total. The maximum Gasteiger partial charge on any atom is 0.339 e. The summed E-state index contributed by atoms with van der Waals surface area (Å²) in [5.41, 5.74) is 0.476. The molecule has 0 saturated carbocycles. The van der Waals surface area contributed by atoms with Crippen molar-refractivity contribution < 1.29 is 14.3 Å². The Morgan fingerprint density at radius 1 is 1.44 bits per heavy atom. The first-order valence-electron chi connectivity index (χ1n) is 5.05. The summed E-state index contributed by atoms with van der Waals surface area (Å²) < 4.78 is 10.9. The number of halogens is 1. The fraction of sp³-hybridized carbons (Fsp3) is 0.417. The summed E-state index contributed by atoms with van der Waals surface area (Å²) in [5, 5.41) is 0. The van der Waals surface area contributed by atoms with Crippen LogP contribution in [0, 0.1) is 5.92 Å². The zero-order valence-electron chi connectivity index (χ0n) is 9.62. The Balaban J connectivity index is 2.85. The van der Waals surface area contributed by atoms with Crippen LogP contribution in [0.15, 0.2) is 22.7 Å². The van der Waals surface area contributed by atoms with E-state index in [-0.39, 0.29) is 5.97 Å². The van der Waals surface area contributed by atoms with Crippen molar-refractivity contribution >= 4 is 21.9 Å². The van der Waals surface area contributed by atoms with Crippen LogP contribution in [0.5, 0.6) is 5.75 Å². The maximum atomic E-state index is 11.4. The molecule has 0 aliphatic rings. The molecule has 0 spiro atoms. The van der Waals surface area contributed by atoms with Crippen molar-refractivity contribution in [3.05, 3.63) is 28.2 Å². The molecule has 0 saturated heterocycles. The summed E-state index contributed by atoms with van der Waals surface area (Å²) in [6, 6.07) is 5.28. The molecule has 0 aliphatic heterocycles. The largest absolute Gasteiger partial charge is 0.493 e. The van der Waals surface area contributed by atoms with E-state index in [2.05, 4.69) is 34.5 Å². The van der Waals surface area contributed by atoms with Crippen molar-refractivity contribution in [2.45, 2.75) is 13.8 Å². The quantitative estimate of drug-likeness (QED) is 0.797. The number of esters is 1. The summed E-state index contributed by atoms with van der Waals surface area (Å²) in [6.45, 7) is 4.77. The molecule has 0 radical (unpaired) electrons. The third-order valence-corrected chi connectivity index (χ3v) is 2.62. The number of ether oxygens (including phenoxy) is 2. The van der Waals surface area contributed by atoms with Crippen LogP contribution in [0.4, 0.5) is 0 Å². The number of hydrogen-bond donors (Lipinski definition) is 0. The molecule has 16 heavy (non-hydrogen) atoms. The molecule has 1 aromatic rings. The van der Waals surface area contributed by atoms with Crippen LogP contribution in [-0.2, 0) is 4.74 Å². The van der Waals surface area contributed by atoms with Gasteiger partial charge >= 0.3 is 5.97 Å². The van der Waals surface area contributed by atoms with Gasteiger partial charge < -0.3 is 9.47 Å². The summed E-state index contributed by atoms with van der Waals surface area (Å²) >= 11 is 3.30. The SMILES string of the molecule is COC(=O)c1cc(OCC(C)C)ccc1Br. The van der Waals surface area contributed by atoms with Crippen LogP contribution in [0.25, 0.3) is 0 Å². The lowest BCUT2D eigenvalue weighted by Gasteiger charge is -2.10. The van der Waals surface area contributed by atoms with E-state index in [4.69, 9.17) is 4.74 Å². The molecule has 0 aliphatic carbocycles. The third-order valence-electron chi connectivity index (χ3n) is 1.93. The average molecular weight is 287 g/mol. The van der Waals surface area contributed by atoms with Crippen molar-refractivity contribution in [1.29, 1.82) is 0 Å². The third kappa shape index (κ3) is 3.52. The predicted octanol–water partition coefficient (Wildman–Crippen LogP) is 3.27. The number of rotatable bonds is 4. The smallest absolute Gasteiger partial charge is 0.339 e. The Hall–Kier alpha value is -1.03. The summed E-state index contributed by atoms with van der Waals surface area (Å²) in [4.78, 5) is 11.4.